The number of aliphatic hydroxyl groups excluding tert-OH is 1. The summed E-state index contributed by atoms with van der Waals surface area (Å²) < 4.78 is 25.7. The van der Waals surface area contributed by atoms with Crippen LogP contribution in [0.15, 0.2) is 16.6 Å². The zero-order chi connectivity index (χ0) is 10.9. The molecular formula is C8H5BrF2O3. The minimum Gasteiger partial charge on any atom is -0.479 e. The number of aliphatic carboxylic acids is 1. The first-order valence-corrected chi connectivity index (χ1v) is 4.28. The molecular weight excluding hydrogens is 262 g/mol. The van der Waals surface area contributed by atoms with Crippen LogP contribution in [-0.4, -0.2) is 16.2 Å². The molecule has 0 radical (unpaired) electrons. The Balaban J connectivity index is 3.32. The molecule has 0 saturated carbocycles. The zero-order valence-corrected chi connectivity index (χ0v) is 8.25. The molecule has 0 amide bonds. The van der Waals surface area contributed by atoms with Crippen LogP contribution in [0.1, 0.15) is 11.7 Å². The van der Waals surface area contributed by atoms with Gasteiger partial charge in [-0.25, -0.2) is 13.6 Å². The average Bonchev–Trinajstić information content (AvgIpc) is 2.12. The molecule has 3 nitrogen and oxygen atoms in total. The van der Waals surface area contributed by atoms with Gasteiger partial charge in [0.25, 0.3) is 0 Å². The summed E-state index contributed by atoms with van der Waals surface area (Å²) in [6.45, 7) is 0. The highest BCUT2D eigenvalue weighted by molar-refractivity contribution is 9.10. The number of aliphatic hydroxyl groups is 1. The second-order valence-corrected chi connectivity index (χ2v) is 3.35. The van der Waals surface area contributed by atoms with Crippen LogP contribution in [0.5, 0.6) is 0 Å². The lowest BCUT2D eigenvalue weighted by Crippen LogP contribution is -2.13. The van der Waals surface area contributed by atoms with Crippen molar-refractivity contribution in [1.29, 1.82) is 0 Å². The first-order valence-electron chi connectivity index (χ1n) is 3.49. The van der Waals surface area contributed by atoms with Crippen LogP contribution in [0.2, 0.25) is 0 Å². The van der Waals surface area contributed by atoms with E-state index in [0.29, 0.717) is 0 Å². The highest BCUT2D eigenvalue weighted by Gasteiger charge is 2.24. The van der Waals surface area contributed by atoms with Gasteiger partial charge in [0.15, 0.2) is 17.7 Å². The molecule has 0 saturated heterocycles. The molecule has 0 aromatic heterocycles. The van der Waals surface area contributed by atoms with E-state index in [-0.39, 0.29) is 4.47 Å². The number of hydrogen-bond acceptors (Lipinski definition) is 2. The maximum absolute atomic E-state index is 13.0. The summed E-state index contributed by atoms with van der Waals surface area (Å²) in [6, 6.07) is 1.96. The predicted molar refractivity (Wildman–Crippen MR) is 46.7 cm³/mol. The third-order valence-corrected chi connectivity index (χ3v) is 2.28. The predicted octanol–water partition coefficient (Wildman–Crippen LogP) is 1.85. The minimum atomic E-state index is -2.08. The number of benzene rings is 1. The molecule has 76 valence electrons. The van der Waals surface area contributed by atoms with Crippen LogP contribution < -0.4 is 0 Å². The molecule has 6 heteroatoms. The van der Waals surface area contributed by atoms with Crippen LogP contribution in [0.4, 0.5) is 8.78 Å². The van der Waals surface area contributed by atoms with Gasteiger partial charge in [-0.2, -0.15) is 0 Å². The van der Waals surface area contributed by atoms with Gasteiger partial charge in [-0.3, -0.25) is 0 Å². The quantitative estimate of drug-likeness (QED) is 0.804. The number of carbonyl (C=O) groups is 1. The first kappa shape index (κ1) is 11.1. The van der Waals surface area contributed by atoms with E-state index in [1.807, 2.05) is 0 Å². The van der Waals surface area contributed by atoms with Crippen molar-refractivity contribution in [2.45, 2.75) is 6.10 Å². The fraction of sp³-hybridized carbons (Fsp3) is 0.125. The highest BCUT2D eigenvalue weighted by Crippen LogP contribution is 2.27. The van der Waals surface area contributed by atoms with Gasteiger partial charge in [0.2, 0.25) is 0 Å². The molecule has 1 aromatic carbocycles. The lowest BCUT2D eigenvalue weighted by Gasteiger charge is -2.09. The first-order chi connectivity index (χ1) is 6.45. The van der Waals surface area contributed by atoms with Gasteiger partial charge in [-0.1, -0.05) is 15.9 Å². The van der Waals surface area contributed by atoms with Crippen molar-refractivity contribution in [3.05, 3.63) is 33.8 Å². The van der Waals surface area contributed by atoms with E-state index in [0.717, 1.165) is 12.1 Å². The van der Waals surface area contributed by atoms with Crippen LogP contribution in [0, 0.1) is 11.6 Å². The van der Waals surface area contributed by atoms with E-state index in [9.17, 15) is 13.6 Å². The van der Waals surface area contributed by atoms with Crippen molar-refractivity contribution in [1.82, 2.24) is 0 Å². The lowest BCUT2D eigenvalue weighted by molar-refractivity contribution is -0.147. The molecule has 14 heavy (non-hydrogen) atoms. The third-order valence-electron chi connectivity index (χ3n) is 1.59. The number of hydrogen-bond donors (Lipinski definition) is 2. The number of rotatable bonds is 2. The maximum atomic E-state index is 13.0. The minimum absolute atomic E-state index is 0.00583. The summed E-state index contributed by atoms with van der Waals surface area (Å²) in [5.74, 6) is -4.21. The Morgan fingerprint density at radius 1 is 1.43 bits per heavy atom. The molecule has 0 heterocycles. The van der Waals surface area contributed by atoms with Gasteiger partial charge in [0, 0.05) is 10.0 Å². The fourth-order valence-electron chi connectivity index (χ4n) is 0.917. The molecule has 0 bridgehead atoms. The summed E-state index contributed by atoms with van der Waals surface area (Å²) in [5.41, 5.74) is -0.613. The topological polar surface area (TPSA) is 57.5 Å². The number of carboxylic acid groups (broad SMARTS) is 1. The fourth-order valence-corrected chi connectivity index (χ4v) is 1.44. The van der Waals surface area contributed by atoms with Gasteiger partial charge in [0.05, 0.1) is 0 Å². The molecule has 0 aliphatic heterocycles. The standard InChI is InChI=1S/C8H5BrF2O3/c9-3-1-2-4(10)6(11)5(3)7(12)8(13)14/h1-2,7,12H,(H,13,14). The Morgan fingerprint density at radius 3 is 2.50 bits per heavy atom. The molecule has 0 fully saturated rings. The van der Waals surface area contributed by atoms with Crippen molar-refractivity contribution in [3.63, 3.8) is 0 Å². The Labute approximate surface area is 86.1 Å². The summed E-state index contributed by atoms with van der Waals surface area (Å²) >= 11 is 2.82. The second-order valence-electron chi connectivity index (χ2n) is 2.50. The number of carboxylic acids is 1. The molecule has 0 spiro atoms. The Bertz CT molecular complexity index is 381. The van der Waals surface area contributed by atoms with Crippen molar-refractivity contribution in [2.24, 2.45) is 0 Å². The Kier molecular flexibility index (Phi) is 3.17. The molecule has 1 unspecified atom stereocenters. The van der Waals surface area contributed by atoms with Crippen LogP contribution in [-0.2, 0) is 4.79 Å². The van der Waals surface area contributed by atoms with Gasteiger partial charge >= 0.3 is 5.97 Å². The van der Waals surface area contributed by atoms with E-state index < -0.39 is 29.3 Å². The normalized spacial score (nSPS) is 12.6. The summed E-state index contributed by atoms with van der Waals surface area (Å²) in [7, 11) is 0. The van der Waals surface area contributed by atoms with Crippen LogP contribution >= 0.6 is 15.9 Å². The van der Waals surface area contributed by atoms with E-state index in [2.05, 4.69) is 15.9 Å². The molecule has 0 aliphatic carbocycles. The molecule has 1 atom stereocenters. The largest absolute Gasteiger partial charge is 0.479 e. The summed E-state index contributed by atoms with van der Waals surface area (Å²) in [5, 5.41) is 17.5. The Morgan fingerprint density at radius 2 is 2.00 bits per heavy atom. The zero-order valence-electron chi connectivity index (χ0n) is 6.67. The van der Waals surface area contributed by atoms with E-state index in [1.54, 1.807) is 0 Å². The van der Waals surface area contributed by atoms with E-state index in [1.165, 1.54) is 0 Å². The van der Waals surface area contributed by atoms with Crippen molar-refractivity contribution in [2.75, 3.05) is 0 Å². The van der Waals surface area contributed by atoms with Gasteiger partial charge in [0.1, 0.15) is 0 Å². The highest BCUT2D eigenvalue weighted by atomic mass is 79.9. The Hall–Kier alpha value is -1.01. The molecule has 1 rings (SSSR count). The van der Waals surface area contributed by atoms with Crippen molar-refractivity contribution >= 4 is 21.9 Å². The summed E-state index contributed by atoms with van der Waals surface area (Å²) in [6.07, 6.45) is -2.08. The monoisotopic (exact) mass is 266 g/mol. The van der Waals surface area contributed by atoms with Crippen LogP contribution in [0.3, 0.4) is 0 Å². The SMILES string of the molecule is O=C(O)C(O)c1c(Br)ccc(F)c1F. The smallest absolute Gasteiger partial charge is 0.337 e. The average molecular weight is 267 g/mol. The molecule has 1 aromatic rings. The summed E-state index contributed by atoms with van der Waals surface area (Å²) in [4.78, 5) is 10.4. The lowest BCUT2D eigenvalue weighted by atomic mass is 10.1. The van der Waals surface area contributed by atoms with Gasteiger partial charge in [-0.05, 0) is 12.1 Å². The van der Waals surface area contributed by atoms with E-state index >= 15 is 0 Å². The van der Waals surface area contributed by atoms with Crippen molar-refractivity contribution < 1.29 is 23.8 Å². The van der Waals surface area contributed by atoms with Gasteiger partial charge < -0.3 is 10.2 Å². The third kappa shape index (κ3) is 1.91. The maximum Gasteiger partial charge on any atom is 0.337 e. The van der Waals surface area contributed by atoms with E-state index in [4.69, 9.17) is 10.2 Å². The molecule has 2 N–H and O–H groups in total. The second kappa shape index (κ2) is 4.02. The van der Waals surface area contributed by atoms with Crippen LogP contribution in [0.25, 0.3) is 0 Å². The van der Waals surface area contributed by atoms with Crippen molar-refractivity contribution in [3.8, 4) is 0 Å². The number of halogens is 3. The molecule has 0 aliphatic rings. The van der Waals surface area contributed by atoms with Gasteiger partial charge in [-0.15, -0.1) is 0 Å².